The molecule has 9 nitrogen and oxygen atoms in total. The molecule has 1 aromatic carbocycles. The van der Waals surface area contributed by atoms with Crippen LogP contribution in [0, 0.1) is 0 Å². The molecule has 126 valence electrons. The Morgan fingerprint density at radius 2 is 2.00 bits per heavy atom. The first-order valence-electron chi connectivity index (χ1n) is 6.56. The van der Waals surface area contributed by atoms with Crippen LogP contribution in [0.3, 0.4) is 0 Å². The van der Waals surface area contributed by atoms with Crippen LogP contribution in [-0.2, 0) is 10.0 Å². The summed E-state index contributed by atoms with van der Waals surface area (Å²) < 4.78 is 38.4. The molecule has 0 bridgehead atoms. The zero-order chi connectivity index (χ0) is 17.3. The van der Waals surface area contributed by atoms with E-state index in [0.717, 1.165) is 0 Å². The van der Waals surface area contributed by atoms with Crippen molar-refractivity contribution in [1.29, 1.82) is 0 Å². The molecule has 0 unspecified atom stereocenters. The Hall–Kier alpha value is -2.66. The summed E-state index contributed by atoms with van der Waals surface area (Å²) >= 11 is 1.21. The van der Waals surface area contributed by atoms with E-state index >= 15 is 0 Å². The number of thiazole rings is 1. The molecular weight excluding hydrogens is 354 g/mol. The van der Waals surface area contributed by atoms with Gasteiger partial charge in [0.15, 0.2) is 10.9 Å². The minimum absolute atomic E-state index is 0.0201. The highest BCUT2D eigenvalue weighted by Gasteiger charge is 2.21. The second-order valence-corrected chi connectivity index (χ2v) is 7.30. The summed E-state index contributed by atoms with van der Waals surface area (Å²) in [5.41, 5.74) is 6.27. The first-order chi connectivity index (χ1) is 11.4. The normalized spacial score (nSPS) is 11.4. The van der Waals surface area contributed by atoms with Crippen molar-refractivity contribution in [2.24, 2.45) is 0 Å². The van der Waals surface area contributed by atoms with Crippen molar-refractivity contribution in [3.8, 4) is 11.6 Å². The maximum atomic E-state index is 12.6. The lowest BCUT2D eigenvalue weighted by Crippen LogP contribution is -2.15. The zero-order valence-corrected chi connectivity index (χ0v) is 14.3. The van der Waals surface area contributed by atoms with Gasteiger partial charge in [-0.1, -0.05) is 11.3 Å². The fourth-order valence-corrected chi connectivity index (χ4v) is 3.92. The van der Waals surface area contributed by atoms with Crippen molar-refractivity contribution >= 4 is 42.5 Å². The molecule has 0 saturated heterocycles. The van der Waals surface area contributed by atoms with Crippen LogP contribution in [0.4, 0.5) is 10.9 Å². The second-order valence-electron chi connectivity index (χ2n) is 4.55. The van der Waals surface area contributed by atoms with Gasteiger partial charge >= 0.3 is 0 Å². The van der Waals surface area contributed by atoms with Gasteiger partial charge in [-0.3, -0.25) is 4.72 Å². The molecule has 3 aromatic rings. The van der Waals surface area contributed by atoms with Crippen LogP contribution in [0.2, 0.25) is 0 Å². The Bertz CT molecular complexity index is 1000. The summed E-state index contributed by atoms with van der Waals surface area (Å²) in [6, 6.07) is 4.53. The quantitative estimate of drug-likeness (QED) is 0.694. The first kappa shape index (κ1) is 16.2. The summed E-state index contributed by atoms with van der Waals surface area (Å²) in [6.07, 6.45) is 1.17. The van der Waals surface area contributed by atoms with Crippen LogP contribution in [-0.4, -0.2) is 37.6 Å². The zero-order valence-electron chi connectivity index (χ0n) is 12.7. The number of sulfonamides is 1. The van der Waals surface area contributed by atoms with Gasteiger partial charge in [0.25, 0.3) is 15.9 Å². The third kappa shape index (κ3) is 2.90. The standard InChI is InChI=1S/C13H13N5O4S2/c1-21-10-11(15-6-16-12(10)22-2)18-24(19,20)7-3-4-8-9(5-7)23-13(14)17-8/h3-6H,1-2H3,(H2,14,17)(H,15,16,18). The third-order valence-electron chi connectivity index (χ3n) is 3.09. The van der Waals surface area contributed by atoms with Crippen LogP contribution in [0.1, 0.15) is 0 Å². The van der Waals surface area contributed by atoms with E-state index in [1.165, 1.54) is 44.0 Å². The molecule has 2 aromatic heterocycles. The molecule has 0 atom stereocenters. The second kappa shape index (κ2) is 6.09. The average molecular weight is 367 g/mol. The molecule has 2 heterocycles. The van der Waals surface area contributed by atoms with Gasteiger partial charge in [-0.2, -0.15) is 4.98 Å². The van der Waals surface area contributed by atoms with Gasteiger partial charge in [0.1, 0.15) is 6.33 Å². The van der Waals surface area contributed by atoms with Crippen molar-refractivity contribution < 1.29 is 17.9 Å². The number of aromatic nitrogens is 3. The smallest absolute Gasteiger partial charge is 0.263 e. The lowest BCUT2D eigenvalue weighted by atomic mass is 10.3. The molecule has 24 heavy (non-hydrogen) atoms. The molecule has 3 N–H and O–H groups in total. The molecule has 0 fully saturated rings. The molecular formula is C13H13N5O4S2. The summed E-state index contributed by atoms with van der Waals surface area (Å²) in [7, 11) is -1.13. The van der Waals surface area contributed by atoms with Crippen molar-refractivity contribution in [2.75, 3.05) is 24.7 Å². The van der Waals surface area contributed by atoms with E-state index < -0.39 is 10.0 Å². The van der Waals surface area contributed by atoms with Gasteiger partial charge in [-0.25, -0.2) is 18.4 Å². The van der Waals surface area contributed by atoms with Gasteiger partial charge < -0.3 is 15.2 Å². The molecule has 0 aliphatic rings. The van der Waals surface area contributed by atoms with Gasteiger partial charge in [0.2, 0.25) is 5.75 Å². The monoisotopic (exact) mass is 367 g/mol. The average Bonchev–Trinajstić information content (AvgIpc) is 2.93. The van der Waals surface area contributed by atoms with E-state index in [1.807, 2.05) is 0 Å². The summed E-state index contributed by atoms with van der Waals surface area (Å²) in [6.45, 7) is 0. The number of nitrogens with one attached hydrogen (secondary N) is 1. The van der Waals surface area contributed by atoms with E-state index in [4.69, 9.17) is 15.2 Å². The first-order valence-corrected chi connectivity index (χ1v) is 8.86. The largest absolute Gasteiger partial charge is 0.489 e. The van der Waals surface area contributed by atoms with Crippen LogP contribution >= 0.6 is 11.3 Å². The van der Waals surface area contributed by atoms with Crippen LogP contribution in [0.25, 0.3) is 10.2 Å². The Kier molecular flexibility index (Phi) is 4.11. The van der Waals surface area contributed by atoms with Crippen LogP contribution in [0.15, 0.2) is 29.4 Å². The fourth-order valence-electron chi connectivity index (χ4n) is 2.04. The van der Waals surface area contributed by atoms with Gasteiger partial charge in [0, 0.05) is 0 Å². The number of fused-ring (bicyclic) bond motifs is 1. The SMILES string of the molecule is COc1ncnc(NS(=O)(=O)c2ccc3nc(N)sc3c2)c1OC. The number of rotatable bonds is 5. The molecule has 0 amide bonds. The molecule has 0 spiro atoms. The predicted octanol–water partition coefficient (Wildman–Crippen LogP) is 1.49. The maximum absolute atomic E-state index is 12.6. The van der Waals surface area contributed by atoms with Crippen LogP contribution < -0.4 is 19.9 Å². The topological polar surface area (TPSA) is 129 Å². The van der Waals surface area contributed by atoms with Gasteiger partial charge in [0.05, 0.1) is 29.3 Å². The molecule has 0 aliphatic carbocycles. The third-order valence-corrected chi connectivity index (χ3v) is 5.27. The highest BCUT2D eigenvalue weighted by atomic mass is 32.2. The Morgan fingerprint density at radius 1 is 1.21 bits per heavy atom. The van der Waals surface area contributed by atoms with Crippen LogP contribution in [0.5, 0.6) is 11.6 Å². The van der Waals surface area contributed by atoms with E-state index in [9.17, 15) is 8.42 Å². The number of nitrogen functional groups attached to an aromatic ring is 1. The fraction of sp³-hybridized carbons (Fsp3) is 0.154. The van der Waals surface area contributed by atoms with Gasteiger partial charge in [-0.05, 0) is 18.2 Å². The highest BCUT2D eigenvalue weighted by molar-refractivity contribution is 7.92. The number of methoxy groups -OCH3 is 2. The maximum Gasteiger partial charge on any atom is 0.263 e. The van der Waals surface area contributed by atoms with Crippen molar-refractivity contribution in [1.82, 2.24) is 15.0 Å². The molecule has 3 rings (SSSR count). The number of nitrogens with zero attached hydrogens (tertiary/aromatic N) is 3. The van der Waals surface area contributed by atoms with E-state index in [-0.39, 0.29) is 22.3 Å². The minimum Gasteiger partial charge on any atom is -0.489 e. The predicted molar refractivity (Wildman–Crippen MR) is 90.0 cm³/mol. The molecule has 11 heteroatoms. The van der Waals surface area contributed by atoms with E-state index in [2.05, 4.69) is 19.7 Å². The number of hydrogen-bond acceptors (Lipinski definition) is 9. The highest BCUT2D eigenvalue weighted by Crippen LogP contribution is 2.33. The lowest BCUT2D eigenvalue weighted by Gasteiger charge is -2.12. The molecule has 0 radical (unpaired) electrons. The molecule has 0 aliphatic heterocycles. The van der Waals surface area contributed by atoms with Crippen molar-refractivity contribution in [3.63, 3.8) is 0 Å². The number of hydrogen-bond donors (Lipinski definition) is 2. The van der Waals surface area contributed by atoms with Crippen molar-refractivity contribution in [2.45, 2.75) is 4.90 Å². The van der Waals surface area contributed by atoms with E-state index in [1.54, 1.807) is 6.07 Å². The number of benzene rings is 1. The number of nitrogens with two attached hydrogens (primary N) is 1. The van der Waals surface area contributed by atoms with E-state index in [0.29, 0.717) is 15.3 Å². The Labute approximate surface area is 141 Å². The van der Waals surface area contributed by atoms with Gasteiger partial charge in [-0.15, -0.1) is 0 Å². The minimum atomic E-state index is -3.89. The summed E-state index contributed by atoms with van der Waals surface area (Å²) in [5.74, 6) is 0.191. The summed E-state index contributed by atoms with van der Waals surface area (Å²) in [5, 5.41) is 0.370. The number of ether oxygens (including phenoxy) is 2. The lowest BCUT2D eigenvalue weighted by molar-refractivity contribution is 0.342. The van der Waals surface area contributed by atoms with Crippen molar-refractivity contribution in [3.05, 3.63) is 24.5 Å². The molecule has 0 saturated carbocycles. The Morgan fingerprint density at radius 3 is 2.71 bits per heavy atom. The summed E-state index contributed by atoms with van der Waals surface area (Å²) in [4.78, 5) is 11.9. The number of anilines is 2. The Balaban J connectivity index is 2.01.